The number of esters is 3. The van der Waals surface area contributed by atoms with Crippen molar-refractivity contribution in [3.63, 3.8) is 0 Å². The summed E-state index contributed by atoms with van der Waals surface area (Å²) in [5, 5.41) is 0. The van der Waals surface area contributed by atoms with Gasteiger partial charge in [0.25, 0.3) is 0 Å². The molecule has 0 saturated carbocycles. The average molecular weight is 990 g/mol. The number of hydrogen-bond donors (Lipinski definition) is 0. The molecule has 70 heavy (non-hydrogen) atoms. The van der Waals surface area contributed by atoms with Gasteiger partial charge in [-0.25, -0.2) is 0 Å². The lowest BCUT2D eigenvalue weighted by atomic mass is 10.0. The molecule has 1 atom stereocenters. The number of ether oxygens (including phenoxy) is 3. The van der Waals surface area contributed by atoms with Gasteiger partial charge < -0.3 is 14.2 Å². The van der Waals surface area contributed by atoms with Crippen LogP contribution in [0.25, 0.3) is 0 Å². The van der Waals surface area contributed by atoms with Crippen molar-refractivity contribution in [1.82, 2.24) is 0 Å². The highest BCUT2D eigenvalue weighted by molar-refractivity contribution is 5.71. The van der Waals surface area contributed by atoms with Crippen molar-refractivity contribution in [1.29, 1.82) is 0 Å². The van der Waals surface area contributed by atoms with Crippen LogP contribution in [-0.2, 0) is 28.6 Å². The smallest absolute Gasteiger partial charge is 0.306 e. The fraction of sp³-hybridized carbons (Fsp3) is 0.953. The minimum Gasteiger partial charge on any atom is -0.462 e. The van der Waals surface area contributed by atoms with Gasteiger partial charge in [-0.05, 0) is 25.2 Å². The van der Waals surface area contributed by atoms with Crippen LogP contribution in [-0.4, -0.2) is 37.2 Å². The van der Waals surface area contributed by atoms with Crippen LogP contribution in [0.2, 0.25) is 0 Å². The lowest BCUT2D eigenvalue weighted by Gasteiger charge is -2.18. The first-order valence-electron chi connectivity index (χ1n) is 31.9. The Kier molecular flexibility index (Phi) is 57.0. The molecule has 0 N–H and O–H groups in total. The maximum absolute atomic E-state index is 12.9. The summed E-state index contributed by atoms with van der Waals surface area (Å²) in [6.45, 7) is 9.08. The van der Waals surface area contributed by atoms with Crippen LogP contribution in [0.15, 0.2) is 0 Å². The molecule has 6 nitrogen and oxygen atoms in total. The molecule has 0 aromatic carbocycles. The van der Waals surface area contributed by atoms with Crippen molar-refractivity contribution < 1.29 is 28.6 Å². The first-order valence-corrected chi connectivity index (χ1v) is 31.9. The Hall–Kier alpha value is -1.59. The van der Waals surface area contributed by atoms with Gasteiger partial charge in [-0.3, -0.25) is 14.4 Å². The minimum absolute atomic E-state index is 0.0613. The van der Waals surface area contributed by atoms with Gasteiger partial charge in [-0.2, -0.15) is 0 Å². The molecule has 6 heteroatoms. The van der Waals surface area contributed by atoms with E-state index < -0.39 is 6.10 Å². The van der Waals surface area contributed by atoms with E-state index in [0.717, 1.165) is 63.7 Å². The topological polar surface area (TPSA) is 78.9 Å². The monoisotopic (exact) mass is 989 g/mol. The molecule has 0 bridgehead atoms. The number of hydrogen-bond acceptors (Lipinski definition) is 6. The third-order valence-corrected chi connectivity index (χ3v) is 14.8. The van der Waals surface area contributed by atoms with Gasteiger partial charge in [0.1, 0.15) is 13.2 Å². The van der Waals surface area contributed by atoms with E-state index in [9.17, 15) is 14.4 Å². The Morgan fingerprint density at radius 3 is 0.700 bits per heavy atom. The molecule has 0 aliphatic carbocycles. The van der Waals surface area contributed by atoms with E-state index in [-0.39, 0.29) is 31.1 Å². The Morgan fingerprint density at radius 1 is 0.271 bits per heavy atom. The van der Waals surface area contributed by atoms with E-state index in [2.05, 4.69) is 27.7 Å². The number of carbonyl (C=O) groups is 3. The summed E-state index contributed by atoms with van der Waals surface area (Å²) >= 11 is 0. The Bertz CT molecular complexity index is 1060. The molecule has 0 aromatic rings. The molecular weight excluding hydrogens is 865 g/mol. The molecule has 0 fully saturated rings. The molecule has 0 aliphatic heterocycles. The Balaban J connectivity index is 4.28. The van der Waals surface area contributed by atoms with Crippen LogP contribution in [0.1, 0.15) is 368 Å². The zero-order chi connectivity index (χ0) is 50.9. The highest BCUT2D eigenvalue weighted by Crippen LogP contribution is 2.19. The summed E-state index contributed by atoms with van der Waals surface area (Å²) in [5.74, 6) is 0.00532. The Labute approximate surface area is 438 Å². The number of rotatable bonds is 59. The second-order valence-electron chi connectivity index (χ2n) is 22.5. The first-order chi connectivity index (χ1) is 34.4. The van der Waals surface area contributed by atoms with E-state index >= 15 is 0 Å². The van der Waals surface area contributed by atoms with Crippen LogP contribution in [0.4, 0.5) is 0 Å². The molecule has 0 radical (unpaired) electrons. The molecule has 416 valence electrons. The van der Waals surface area contributed by atoms with Crippen LogP contribution in [0.5, 0.6) is 0 Å². The first kappa shape index (κ1) is 68.4. The third kappa shape index (κ3) is 57.3. The standard InChI is InChI=1S/C64H124O6/c1-5-7-9-11-13-15-17-19-21-23-25-27-29-31-37-41-45-49-53-57-64(67)70-61(59-69-63(66)56-52-48-44-40-36-33-32-34-38-42-46-50-54-60(3)4)58-68-62(65)55-51-47-43-39-35-30-28-26-24-22-20-18-16-14-12-10-8-6-2/h60-61H,5-59H2,1-4H3/t61-/m1/s1. The van der Waals surface area contributed by atoms with E-state index in [0.29, 0.717) is 19.3 Å². The van der Waals surface area contributed by atoms with Gasteiger partial charge in [0.05, 0.1) is 0 Å². The van der Waals surface area contributed by atoms with E-state index in [4.69, 9.17) is 14.2 Å². The zero-order valence-corrected chi connectivity index (χ0v) is 48.0. The van der Waals surface area contributed by atoms with Crippen LogP contribution >= 0.6 is 0 Å². The van der Waals surface area contributed by atoms with E-state index in [1.54, 1.807) is 0 Å². The lowest BCUT2D eigenvalue weighted by Crippen LogP contribution is -2.30. The second-order valence-corrected chi connectivity index (χ2v) is 22.5. The molecule has 0 rings (SSSR count). The fourth-order valence-electron chi connectivity index (χ4n) is 9.99. The van der Waals surface area contributed by atoms with Gasteiger partial charge in [0.15, 0.2) is 6.10 Å². The average Bonchev–Trinajstić information content (AvgIpc) is 3.35. The molecule has 0 saturated heterocycles. The predicted molar refractivity (Wildman–Crippen MR) is 303 cm³/mol. The van der Waals surface area contributed by atoms with E-state index in [1.807, 2.05) is 0 Å². The molecule has 0 heterocycles. The molecule has 0 unspecified atom stereocenters. The highest BCUT2D eigenvalue weighted by Gasteiger charge is 2.19. The zero-order valence-electron chi connectivity index (χ0n) is 48.0. The van der Waals surface area contributed by atoms with Gasteiger partial charge in [0.2, 0.25) is 0 Å². The Morgan fingerprint density at radius 2 is 0.471 bits per heavy atom. The van der Waals surface area contributed by atoms with Crippen molar-refractivity contribution >= 4 is 17.9 Å². The summed E-state index contributed by atoms with van der Waals surface area (Å²) in [4.78, 5) is 38.3. The molecule has 0 amide bonds. The maximum Gasteiger partial charge on any atom is 0.306 e. The number of carbonyl (C=O) groups excluding carboxylic acids is 3. The SMILES string of the molecule is CCCCCCCCCCCCCCCCCCCCCC(=O)O[C@H](COC(=O)CCCCCCCCCCCCCCCCCCCC)COC(=O)CCCCCCCCCCCCCCC(C)C. The van der Waals surface area contributed by atoms with Crippen molar-refractivity contribution in [2.75, 3.05) is 13.2 Å². The summed E-state index contributed by atoms with van der Waals surface area (Å²) < 4.78 is 17.0. The van der Waals surface area contributed by atoms with Gasteiger partial charge >= 0.3 is 17.9 Å². The van der Waals surface area contributed by atoms with Crippen LogP contribution < -0.4 is 0 Å². The molecule has 0 aliphatic rings. The molecule has 0 aromatic heterocycles. The van der Waals surface area contributed by atoms with Gasteiger partial charge in [-0.1, -0.05) is 329 Å². The highest BCUT2D eigenvalue weighted by atomic mass is 16.6. The summed E-state index contributed by atoms with van der Waals surface area (Å²) in [6, 6.07) is 0. The van der Waals surface area contributed by atoms with Crippen molar-refractivity contribution in [2.45, 2.75) is 374 Å². The van der Waals surface area contributed by atoms with Gasteiger partial charge in [-0.15, -0.1) is 0 Å². The number of unbranched alkanes of at least 4 members (excludes halogenated alkanes) is 46. The second kappa shape index (κ2) is 58.3. The van der Waals surface area contributed by atoms with Crippen molar-refractivity contribution in [2.24, 2.45) is 5.92 Å². The molecule has 0 spiro atoms. The van der Waals surface area contributed by atoms with Crippen LogP contribution in [0.3, 0.4) is 0 Å². The summed E-state index contributed by atoms with van der Waals surface area (Å²) in [5.41, 5.74) is 0. The molecular formula is C64H124O6. The fourth-order valence-corrected chi connectivity index (χ4v) is 9.99. The third-order valence-electron chi connectivity index (χ3n) is 14.8. The van der Waals surface area contributed by atoms with Crippen molar-refractivity contribution in [3.05, 3.63) is 0 Å². The van der Waals surface area contributed by atoms with E-state index in [1.165, 1.54) is 263 Å². The predicted octanol–water partition coefficient (Wildman–Crippen LogP) is 21.4. The maximum atomic E-state index is 12.9. The summed E-state index contributed by atoms with van der Waals surface area (Å²) in [7, 11) is 0. The van der Waals surface area contributed by atoms with Crippen molar-refractivity contribution in [3.8, 4) is 0 Å². The minimum atomic E-state index is -0.763. The summed E-state index contributed by atoms with van der Waals surface area (Å²) in [6.07, 6.45) is 65.3. The quantitative estimate of drug-likeness (QED) is 0.0343. The largest absolute Gasteiger partial charge is 0.462 e. The van der Waals surface area contributed by atoms with Gasteiger partial charge in [0, 0.05) is 19.3 Å². The normalized spacial score (nSPS) is 12.0. The van der Waals surface area contributed by atoms with Crippen LogP contribution in [0, 0.1) is 5.92 Å². The lowest BCUT2D eigenvalue weighted by molar-refractivity contribution is -0.167.